The van der Waals surface area contributed by atoms with Crippen molar-refractivity contribution in [2.45, 2.75) is 42.9 Å². The lowest BCUT2D eigenvalue weighted by Crippen LogP contribution is -2.35. The number of nitrogens with zero attached hydrogens (tertiary/aromatic N) is 3. The molecule has 4 rings (SSSR count). The second kappa shape index (κ2) is 9.54. The fourth-order valence-corrected chi connectivity index (χ4v) is 4.47. The molecule has 0 aliphatic heterocycles. The lowest BCUT2D eigenvalue weighted by Gasteiger charge is -2.35. The highest BCUT2D eigenvalue weighted by Crippen LogP contribution is 2.42. The number of rotatable bonds is 6. The third-order valence-corrected chi connectivity index (χ3v) is 7.12. The first-order valence-corrected chi connectivity index (χ1v) is 12.9. The zero-order valence-corrected chi connectivity index (χ0v) is 20.6. The molecule has 3 N–H and O–H groups in total. The van der Waals surface area contributed by atoms with E-state index >= 15 is 0 Å². The molecule has 15 heteroatoms. The zero-order chi connectivity index (χ0) is 28.0. The van der Waals surface area contributed by atoms with E-state index in [2.05, 4.69) is 20.5 Å². The molecule has 202 valence electrons. The highest BCUT2D eigenvalue weighted by molar-refractivity contribution is 7.91. The summed E-state index contributed by atoms with van der Waals surface area (Å²) in [6.07, 6.45) is -2.79. The van der Waals surface area contributed by atoms with Gasteiger partial charge in [-0.15, -0.1) is 10.2 Å². The van der Waals surface area contributed by atoms with Crippen LogP contribution in [0.2, 0.25) is 0 Å². The molecular weight excluding hydrogens is 537 g/mol. The molecule has 3 aromatic rings. The van der Waals surface area contributed by atoms with E-state index in [0.29, 0.717) is 6.42 Å². The molecule has 1 atom stereocenters. The van der Waals surface area contributed by atoms with Crippen molar-refractivity contribution in [3.63, 3.8) is 0 Å². The first-order valence-electron chi connectivity index (χ1n) is 11.0. The maximum atomic E-state index is 14.8. The summed E-state index contributed by atoms with van der Waals surface area (Å²) in [5.74, 6) is -6.18. The summed E-state index contributed by atoms with van der Waals surface area (Å²) >= 11 is 0. The first-order chi connectivity index (χ1) is 17.6. The zero-order valence-electron chi connectivity index (χ0n) is 19.8. The van der Waals surface area contributed by atoms with Crippen LogP contribution in [-0.4, -0.2) is 36.7 Å². The number of hydrogen-bond donors (Lipinski definition) is 3. The van der Waals surface area contributed by atoms with Crippen LogP contribution >= 0.6 is 0 Å². The minimum Gasteiger partial charge on any atom is -0.429 e. The Kier molecular flexibility index (Phi) is 6.86. The number of ether oxygens (including phenoxy) is 1. The van der Waals surface area contributed by atoms with Gasteiger partial charge in [0.05, 0.1) is 15.4 Å². The minimum atomic E-state index is -5.03. The fourth-order valence-electron chi connectivity index (χ4n) is 3.78. The third-order valence-electron chi connectivity index (χ3n) is 5.96. The van der Waals surface area contributed by atoms with Crippen molar-refractivity contribution in [3.05, 3.63) is 64.6 Å². The maximum absolute atomic E-state index is 14.8. The van der Waals surface area contributed by atoms with Gasteiger partial charge in [0.15, 0.2) is 11.5 Å². The van der Waals surface area contributed by atoms with Gasteiger partial charge in [-0.2, -0.15) is 17.6 Å². The van der Waals surface area contributed by atoms with E-state index < -0.39 is 67.6 Å². The van der Waals surface area contributed by atoms with Gasteiger partial charge in [-0.1, -0.05) is 6.07 Å². The van der Waals surface area contributed by atoms with Crippen molar-refractivity contribution >= 4 is 21.3 Å². The van der Waals surface area contributed by atoms with Crippen LogP contribution < -0.4 is 10.1 Å². The van der Waals surface area contributed by atoms with E-state index in [1.807, 2.05) is 0 Å². The lowest BCUT2D eigenvalue weighted by atomic mass is 9.77. The van der Waals surface area contributed by atoms with Gasteiger partial charge in [0.2, 0.25) is 5.75 Å². The SMILES string of the molecule is Cc1c(C(F)(F)F)nnc(Oc2c(F)cc(C3(O)CCC3)nc2F)c1C(=O)Nc1cccc(S(C)(=N)=O)c1. The summed E-state index contributed by atoms with van der Waals surface area (Å²) in [7, 11) is -3.19. The number of aromatic nitrogens is 3. The number of carbonyl (C=O) groups excluding carboxylic acids is 1. The van der Waals surface area contributed by atoms with Crippen LogP contribution in [-0.2, 0) is 21.5 Å². The molecule has 1 aliphatic carbocycles. The molecule has 0 spiro atoms. The number of anilines is 1. The smallest absolute Gasteiger partial charge is 0.429 e. The summed E-state index contributed by atoms with van der Waals surface area (Å²) in [4.78, 5) is 16.7. The molecule has 1 aromatic carbocycles. The van der Waals surface area contributed by atoms with Crippen LogP contribution in [0.4, 0.5) is 27.6 Å². The van der Waals surface area contributed by atoms with Crippen molar-refractivity contribution in [1.29, 1.82) is 4.78 Å². The van der Waals surface area contributed by atoms with Gasteiger partial charge in [0.25, 0.3) is 17.7 Å². The second-order valence-electron chi connectivity index (χ2n) is 8.77. The number of nitrogens with one attached hydrogen (secondary N) is 2. The Hall–Kier alpha value is -3.72. The molecule has 2 aromatic heterocycles. The quantitative estimate of drug-likeness (QED) is 0.289. The molecular formula is C23H20F5N5O4S. The van der Waals surface area contributed by atoms with E-state index in [4.69, 9.17) is 9.52 Å². The van der Waals surface area contributed by atoms with Gasteiger partial charge in [-0.3, -0.25) is 4.79 Å². The van der Waals surface area contributed by atoms with Crippen LogP contribution in [0.5, 0.6) is 11.6 Å². The number of pyridine rings is 1. The summed E-state index contributed by atoms with van der Waals surface area (Å²) in [5, 5.41) is 18.9. The standard InChI is InChI=1S/C23H20F5N5O4S/c1-11-16(20(34)30-12-5-3-6-13(9-12)38(2,29)36)21(33-32-18(11)23(26,27)28)37-17-14(24)10-15(31-19(17)25)22(35)7-4-8-22/h3,5-6,9-10,29,35H,4,7-8H2,1-2H3,(H,30,34). The van der Waals surface area contributed by atoms with Gasteiger partial charge in [0, 0.05) is 22.9 Å². The number of hydrogen-bond acceptors (Lipinski definition) is 8. The van der Waals surface area contributed by atoms with E-state index in [1.54, 1.807) is 0 Å². The van der Waals surface area contributed by atoms with Crippen molar-refractivity contribution in [2.75, 3.05) is 11.6 Å². The molecule has 9 nitrogen and oxygen atoms in total. The summed E-state index contributed by atoms with van der Waals surface area (Å²) in [6, 6.07) is 5.98. The average Bonchev–Trinajstić information content (AvgIpc) is 2.78. The lowest BCUT2D eigenvalue weighted by molar-refractivity contribution is -0.142. The Bertz CT molecular complexity index is 1520. The number of aliphatic hydroxyl groups is 1. The molecule has 0 bridgehead atoms. The van der Waals surface area contributed by atoms with Crippen LogP contribution in [0.3, 0.4) is 0 Å². The predicted octanol–water partition coefficient (Wildman–Crippen LogP) is 4.93. The number of benzene rings is 1. The summed E-state index contributed by atoms with van der Waals surface area (Å²) in [5.41, 5.74) is -4.92. The van der Waals surface area contributed by atoms with Crippen LogP contribution in [0, 0.1) is 23.5 Å². The Balaban J connectivity index is 1.76. The molecule has 1 amide bonds. The Labute approximate surface area is 213 Å². The fraction of sp³-hybridized carbons (Fsp3) is 0.304. The predicted molar refractivity (Wildman–Crippen MR) is 123 cm³/mol. The molecule has 2 heterocycles. The molecule has 1 fully saturated rings. The number of amides is 1. The normalized spacial score (nSPS) is 16.3. The van der Waals surface area contributed by atoms with Gasteiger partial charge in [0.1, 0.15) is 11.2 Å². The van der Waals surface area contributed by atoms with Gasteiger partial charge < -0.3 is 15.2 Å². The van der Waals surface area contributed by atoms with Crippen molar-refractivity contribution < 1.29 is 40.8 Å². The third kappa shape index (κ3) is 5.29. The molecule has 38 heavy (non-hydrogen) atoms. The van der Waals surface area contributed by atoms with E-state index in [1.165, 1.54) is 24.3 Å². The molecule has 1 saturated carbocycles. The second-order valence-corrected chi connectivity index (χ2v) is 10.9. The minimum absolute atomic E-state index is 0.0258. The van der Waals surface area contributed by atoms with Crippen molar-refractivity contribution in [3.8, 4) is 11.6 Å². The Morgan fingerprint density at radius 2 is 1.89 bits per heavy atom. The van der Waals surface area contributed by atoms with Gasteiger partial charge >= 0.3 is 6.18 Å². The highest BCUT2D eigenvalue weighted by atomic mass is 32.2. The van der Waals surface area contributed by atoms with Crippen LogP contribution in [0.1, 0.15) is 46.6 Å². The molecule has 0 saturated heterocycles. The molecule has 1 aliphatic rings. The first kappa shape index (κ1) is 27.3. The summed E-state index contributed by atoms with van der Waals surface area (Å²) in [6.45, 7) is 0.901. The topological polar surface area (TPSA) is 138 Å². The summed E-state index contributed by atoms with van der Waals surface area (Å²) < 4.78 is 94.9. The maximum Gasteiger partial charge on any atom is 0.435 e. The van der Waals surface area contributed by atoms with Gasteiger partial charge in [-0.25, -0.2) is 18.4 Å². The monoisotopic (exact) mass is 557 g/mol. The van der Waals surface area contributed by atoms with Crippen molar-refractivity contribution in [2.24, 2.45) is 0 Å². The van der Waals surface area contributed by atoms with E-state index in [-0.39, 0.29) is 29.1 Å². The number of carbonyl (C=O) groups is 1. The number of alkyl halides is 3. The Morgan fingerprint density at radius 3 is 2.45 bits per heavy atom. The van der Waals surface area contributed by atoms with E-state index in [0.717, 1.165) is 19.2 Å². The van der Waals surface area contributed by atoms with Crippen LogP contribution in [0.25, 0.3) is 0 Å². The molecule has 1 unspecified atom stereocenters. The largest absolute Gasteiger partial charge is 0.435 e. The van der Waals surface area contributed by atoms with Crippen LogP contribution in [0.15, 0.2) is 35.2 Å². The highest BCUT2D eigenvalue weighted by Gasteiger charge is 2.40. The number of halogens is 5. The Morgan fingerprint density at radius 1 is 1.21 bits per heavy atom. The average molecular weight is 558 g/mol. The molecule has 0 radical (unpaired) electrons. The van der Waals surface area contributed by atoms with Crippen molar-refractivity contribution in [1.82, 2.24) is 15.2 Å². The van der Waals surface area contributed by atoms with E-state index in [9.17, 15) is 36.1 Å². The van der Waals surface area contributed by atoms with Gasteiger partial charge in [-0.05, 0) is 49.9 Å².